The van der Waals surface area contributed by atoms with E-state index in [0.717, 1.165) is 5.75 Å². The van der Waals surface area contributed by atoms with Crippen molar-refractivity contribution in [2.24, 2.45) is 0 Å². The van der Waals surface area contributed by atoms with Gasteiger partial charge in [-0.1, -0.05) is 31.5 Å². The van der Waals surface area contributed by atoms with Crippen LogP contribution >= 0.6 is 0 Å². The third-order valence-corrected chi connectivity index (χ3v) is 2.81. The van der Waals surface area contributed by atoms with Crippen molar-refractivity contribution in [2.45, 2.75) is 38.9 Å². The number of hydrogen-bond donors (Lipinski definition) is 1. The Balaban J connectivity index is 2.53. The third kappa shape index (κ3) is 1.50. The van der Waals surface area contributed by atoms with Crippen molar-refractivity contribution in [3.05, 3.63) is 29.3 Å². The summed E-state index contributed by atoms with van der Waals surface area (Å²) in [4.78, 5) is 0. The highest BCUT2D eigenvalue weighted by molar-refractivity contribution is 5.43. The molecule has 0 saturated carbocycles. The summed E-state index contributed by atoms with van der Waals surface area (Å²) in [7, 11) is 0. The van der Waals surface area contributed by atoms with Crippen LogP contribution in [0.1, 0.15) is 31.4 Å². The highest BCUT2D eigenvalue weighted by Gasteiger charge is 2.33. The zero-order valence-corrected chi connectivity index (χ0v) is 8.87. The van der Waals surface area contributed by atoms with Gasteiger partial charge in [-0.25, -0.2) is 0 Å². The molecule has 0 bridgehead atoms. The zero-order valence-electron chi connectivity index (χ0n) is 8.87. The van der Waals surface area contributed by atoms with E-state index in [1.54, 1.807) is 0 Å². The minimum Gasteiger partial charge on any atom is -0.465 e. The Bertz CT molecular complexity index is 355. The van der Waals surface area contributed by atoms with Crippen molar-refractivity contribution in [1.29, 1.82) is 0 Å². The molecule has 0 saturated heterocycles. The van der Waals surface area contributed by atoms with E-state index in [1.165, 1.54) is 11.1 Å². The highest BCUT2D eigenvalue weighted by atomic mass is 16.6. The summed E-state index contributed by atoms with van der Waals surface area (Å²) in [5.74, 6) is 0.819. The SMILES string of the molecule is Cc1ccc2c(c1)C(C)(C)CC(O)O2. The van der Waals surface area contributed by atoms with E-state index in [2.05, 4.69) is 26.8 Å². The molecule has 0 aliphatic carbocycles. The summed E-state index contributed by atoms with van der Waals surface area (Å²) < 4.78 is 5.38. The molecule has 0 spiro atoms. The Morgan fingerprint density at radius 3 is 2.86 bits per heavy atom. The molecule has 2 heteroatoms. The first-order chi connectivity index (χ1) is 6.49. The fourth-order valence-corrected chi connectivity index (χ4v) is 2.01. The van der Waals surface area contributed by atoms with Gasteiger partial charge in [-0.2, -0.15) is 0 Å². The van der Waals surface area contributed by atoms with Crippen LogP contribution in [-0.4, -0.2) is 11.4 Å². The molecule has 2 rings (SSSR count). The second-order valence-electron chi connectivity index (χ2n) is 4.66. The Hall–Kier alpha value is -1.02. The molecule has 0 fully saturated rings. The fourth-order valence-electron chi connectivity index (χ4n) is 2.01. The molecule has 1 N–H and O–H groups in total. The van der Waals surface area contributed by atoms with E-state index in [4.69, 9.17) is 4.74 Å². The van der Waals surface area contributed by atoms with E-state index < -0.39 is 6.29 Å². The van der Waals surface area contributed by atoms with Crippen molar-refractivity contribution >= 4 is 0 Å². The average molecular weight is 192 g/mol. The Labute approximate surface area is 84.5 Å². The predicted octanol–water partition coefficient (Wildman–Crippen LogP) is 2.37. The highest BCUT2D eigenvalue weighted by Crippen LogP contribution is 2.40. The number of ether oxygens (including phenoxy) is 1. The first kappa shape index (κ1) is 9.53. The van der Waals surface area contributed by atoms with Crippen molar-refractivity contribution in [1.82, 2.24) is 0 Å². The molecule has 1 aliphatic heterocycles. The predicted molar refractivity (Wildman–Crippen MR) is 55.5 cm³/mol. The Morgan fingerprint density at radius 2 is 2.14 bits per heavy atom. The molecular formula is C12H16O2. The summed E-state index contributed by atoms with van der Waals surface area (Å²) in [5.41, 5.74) is 2.43. The summed E-state index contributed by atoms with van der Waals surface area (Å²) in [6, 6.07) is 6.09. The van der Waals surface area contributed by atoms with Crippen LogP contribution in [0.5, 0.6) is 5.75 Å². The number of aliphatic hydroxyl groups is 1. The third-order valence-electron chi connectivity index (χ3n) is 2.81. The van der Waals surface area contributed by atoms with Gasteiger partial charge >= 0.3 is 0 Å². The maximum Gasteiger partial charge on any atom is 0.198 e. The number of rotatable bonds is 0. The molecule has 76 valence electrons. The van der Waals surface area contributed by atoms with Crippen LogP contribution in [0.25, 0.3) is 0 Å². The monoisotopic (exact) mass is 192 g/mol. The van der Waals surface area contributed by atoms with Crippen molar-refractivity contribution in [3.8, 4) is 5.75 Å². The van der Waals surface area contributed by atoms with Crippen LogP contribution in [0.2, 0.25) is 0 Å². The molecular weight excluding hydrogens is 176 g/mol. The lowest BCUT2D eigenvalue weighted by molar-refractivity contribution is -0.0497. The molecule has 0 amide bonds. The first-order valence-electron chi connectivity index (χ1n) is 4.95. The summed E-state index contributed by atoms with van der Waals surface area (Å²) in [5, 5.41) is 9.54. The Kier molecular flexibility index (Phi) is 2.04. The molecule has 1 unspecified atom stereocenters. The van der Waals surface area contributed by atoms with Crippen LogP contribution in [0, 0.1) is 6.92 Å². The largest absolute Gasteiger partial charge is 0.465 e. The van der Waals surface area contributed by atoms with Gasteiger partial charge in [0.1, 0.15) is 5.75 Å². The van der Waals surface area contributed by atoms with Gasteiger partial charge in [0.2, 0.25) is 0 Å². The molecule has 14 heavy (non-hydrogen) atoms. The second kappa shape index (κ2) is 2.99. The Morgan fingerprint density at radius 1 is 1.43 bits per heavy atom. The minimum absolute atomic E-state index is 0.000972. The van der Waals surface area contributed by atoms with E-state index in [1.807, 2.05) is 12.1 Å². The van der Waals surface area contributed by atoms with Crippen molar-refractivity contribution in [2.75, 3.05) is 0 Å². The lowest BCUT2D eigenvalue weighted by atomic mass is 9.79. The van der Waals surface area contributed by atoms with Crippen molar-refractivity contribution in [3.63, 3.8) is 0 Å². The minimum atomic E-state index is -0.666. The standard InChI is InChI=1S/C12H16O2/c1-8-4-5-10-9(6-8)12(2,3)7-11(13)14-10/h4-6,11,13H,7H2,1-3H3. The smallest absolute Gasteiger partial charge is 0.198 e. The van der Waals surface area contributed by atoms with Gasteiger partial charge in [-0.05, 0) is 18.4 Å². The van der Waals surface area contributed by atoms with Gasteiger partial charge in [0.15, 0.2) is 6.29 Å². The average Bonchev–Trinajstić information content (AvgIpc) is 2.05. The molecule has 0 aromatic heterocycles. The van der Waals surface area contributed by atoms with Crippen LogP contribution in [-0.2, 0) is 5.41 Å². The lowest BCUT2D eigenvalue weighted by Gasteiger charge is -2.35. The van der Waals surface area contributed by atoms with Gasteiger partial charge in [-0.3, -0.25) is 0 Å². The molecule has 1 aromatic carbocycles. The molecule has 1 aromatic rings. The van der Waals surface area contributed by atoms with Crippen LogP contribution in [0.15, 0.2) is 18.2 Å². The zero-order chi connectivity index (χ0) is 10.3. The molecule has 1 atom stereocenters. The van der Waals surface area contributed by atoms with Gasteiger partial charge in [0.05, 0.1) is 0 Å². The first-order valence-corrected chi connectivity index (χ1v) is 4.95. The van der Waals surface area contributed by atoms with Gasteiger partial charge < -0.3 is 9.84 Å². The van der Waals surface area contributed by atoms with Gasteiger partial charge in [0, 0.05) is 12.0 Å². The number of hydrogen-bond acceptors (Lipinski definition) is 2. The fraction of sp³-hybridized carbons (Fsp3) is 0.500. The van der Waals surface area contributed by atoms with Gasteiger partial charge in [0.25, 0.3) is 0 Å². The lowest BCUT2D eigenvalue weighted by Crippen LogP contribution is -2.34. The van der Waals surface area contributed by atoms with E-state index >= 15 is 0 Å². The molecule has 0 radical (unpaired) electrons. The van der Waals surface area contributed by atoms with Crippen LogP contribution < -0.4 is 4.74 Å². The number of aryl methyl sites for hydroxylation is 1. The molecule has 1 heterocycles. The summed E-state index contributed by atoms with van der Waals surface area (Å²) >= 11 is 0. The second-order valence-corrected chi connectivity index (χ2v) is 4.66. The maximum atomic E-state index is 9.54. The number of aliphatic hydroxyl groups excluding tert-OH is 1. The summed E-state index contributed by atoms with van der Waals surface area (Å²) in [6.07, 6.45) is -0.0103. The van der Waals surface area contributed by atoms with E-state index in [0.29, 0.717) is 6.42 Å². The quantitative estimate of drug-likeness (QED) is 0.683. The normalized spacial score (nSPS) is 23.9. The summed E-state index contributed by atoms with van der Waals surface area (Å²) in [6.45, 7) is 6.34. The van der Waals surface area contributed by atoms with Crippen molar-refractivity contribution < 1.29 is 9.84 Å². The van der Waals surface area contributed by atoms with E-state index in [-0.39, 0.29) is 5.41 Å². The van der Waals surface area contributed by atoms with E-state index in [9.17, 15) is 5.11 Å². The molecule has 1 aliphatic rings. The van der Waals surface area contributed by atoms with Gasteiger partial charge in [-0.15, -0.1) is 0 Å². The number of benzene rings is 1. The van der Waals surface area contributed by atoms with Crippen LogP contribution in [0.3, 0.4) is 0 Å². The van der Waals surface area contributed by atoms with Crippen LogP contribution in [0.4, 0.5) is 0 Å². The molecule has 2 nitrogen and oxygen atoms in total. The maximum absolute atomic E-state index is 9.54. The number of fused-ring (bicyclic) bond motifs is 1. The topological polar surface area (TPSA) is 29.5 Å².